The normalized spacial score (nSPS) is 11.5. The fourth-order valence-corrected chi connectivity index (χ4v) is 3.29. The van der Waals surface area contributed by atoms with Crippen LogP contribution in [-0.2, 0) is 6.54 Å². The van der Waals surface area contributed by atoms with Crippen LogP contribution in [0.5, 0.6) is 0 Å². The first kappa shape index (κ1) is 18.8. The minimum atomic E-state index is -0.298. The fraction of sp³-hybridized carbons (Fsp3) is 0.368. The Morgan fingerprint density at radius 3 is 2.73 bits per heavy atom. The van der Waals surface area contributed by atoms with Crippen molar-refractivity contribution in [2.45, 2.75) is 40.3 Å². The van der Waals surface area contributed by atoms with Gasteiger partial charge in [-0.05, 0) is 72.6 Å². The van der Waals surface area contributed by atoms with E-state index in [1.54, 1.807) is 12.4 Å². The van der Waals surface area contributed by atoms with Gasteiger partial charge in [-0.1, -0.05) is 6.92 Å². The number of imidazole rings is 1. The number of aryl methyl sites for hydroxylation is 1. The molecule has 0 saturated heterocycles. The van der Waals surface area contributed by atoms with Gasteiger partial charge in [0.2, 0.25) is 0 Å². The lowest BCUT2D eigenvalue weighted by Crippen LogP contribution is -2.13. The van der Waals surface area contributed by atoms with Gasteiger partial charge in [0.15, 0.2) is 5.82 Å². The molecule has 2 N–H and O–H groups in total. The second-order valence-electron chi connectivity index (χ2n) is 6.57. The van der Waals surface area contributed by atoms with Crippen molar-refractivity contribution in [3.05, 3.63) is 46.1 Å². The summed E-state index contributed by atoms with van der Waals surface area (Å²) in [6.07, 6.45) is 1.79. The van der Waals surface area contributed by atoms with Crippen molar-refractivity contribution < 1.29 is 4.39 Å². The minimum Gasteiger partial charge on any atom is -0.336 e. The van der Waals surface area contributed by atoms with Crippen molar-refractivity contribution in [3.8, 4) is 0 Å². The number of nitrogens with zero attached hydrogens (tertiary/aromatic N) is 3. The Morgan fingerprint density at radius 1 is 1.27 bits per heavy atom. The van der Waals surface area contributed by atoms with Gasteiger partial charge >= 0.3 is 0 Å². The third-order valence-corrected chi connectivity index (χ3v) is 4.73. The van der Waals surface area contributed by atoms with Gasteiger partial charge in [0.05, 0.1) is 17.5 Å². The molecule has 2 aromatic heterocycles. The summed E-state index contributed by atoms with van der Waals surface area (Å²) in [7, 11) is 0. The first-order chi connectivity index (χ1) is 12.4. The van der Waals surface area contributed by atoms with Crippen LogP contribution in [0.1, 0.15) is 37.9 Å². The van der Waals surface area contributed by atoms with Gasteiger partial charge in [-0.3, -0.25) is 0 Å². The predicted molar refractivity (Wildman–Crippen MR) is 107 cm³/mol. The van der Waals surface area contributed by atoms with E-state index in [9.17, 15) is 4.39 Å². The maximum atomic E-state index is 14.6. The number of anilines is 2. The molecule has 0 unspecified atom stereocenters. The number of halogens is 2. The Kier molecular flexibility index (Phi) is 5.58. The van der Waals surface area contributed by atoms with Crippen LogP contribution in [0.3, 0.4) is 0 Å². The summed E-state index contributed by atoms with van der Waals surface area (Å²) >= 11 is 3.42. The van der Waals surface area contributed by atoms with E-state index >= 15 is 0 Å². The molecule has 0 radical (unpaired) electrons. The zero-order chi connectivity index (χ0) is 18.8. The molecule has 0 atom stereocenters. The van der Waals surface area contributed by atoms with Crippen LogP contribution in [0.2, 0.25) is 0 Å². The average molecular weight is 420 g/mol. The monoisotopic (exact) mass is 419 g/mol. The zero-order valence-electron chi connectivity index (χ0n) is 15.4. The lowest BCUT2D eigenvalue weighted by Gasteiger charge is -2.15. The third-order valence-electron chi connectivity index (χ3n) is 4.32. The molecular formula is C19H23BrFN5. The van der Waals surface area contributed by atoms with Crippen LogP contribution >= 0.6 is 15.9 Å². The summed E-state index contributed by atoms with van der Waals surface area (Å²) in [5.41, 5.74) is 4.06. The van der Waals surface area contributed by atoms with Crippen LogP contribution in [0.4, 0.5) is 15.9 Å². The largest absolute Gasteiger partial charge is 0.336 e. The SMILES string of the molecule is CCNCc1cc(Nc2nc(Br)cc3ncn(C(C)C)c23)c(F)cc1C. The summed E-state index contributed by atoms with van der Waals surface area (Å²) in [4.78, 5) is 8.98. The van der Waals surface area contributed by atoms with E-state index in [-0.39, 0.29) is 11.9 Å². The molecule has 2 heterocycles. The smallest absolute Gasteiger partial charge is 0.158 e. The van der Waals surface area contributed by atoms with E-state index in [1.165, 1.54) is 0 Å². The summed E-state index contributed by atoms with van der Waals surface area (Å²) in [5.74, 6) is 0.283. The summed E-state index contributed by atoms with van der Waals surface area (Å²) in [5, 5.41) is 6.46. The van der Waals surface area contributed by atoms with Crippen LogP contribution in [0.15, 0.2) is 29.1 Å². The highest BCUT2D eigenvalue weighted by Crippen LogP contribution is 2.30. The number of nitrogens with one attached hydrogen (secondary N) is 2. The van der Waals surface area contributed by atoms with Crippen LogP contribution in [-0.4, -0.2) is 21.1 Å². The lowest BCUT2D eigenvalue weighted by molar-refractivity contribution is 0.617. The lowest BCUT2D eigenvalue weighted by atomic mass is 10.1. The van der Waals surface area contributed by atoms with Crippen molar-refractivity contribution >= 4 is 38.5 Å². The molecule has 0 aliphatic heterocycles. The molecule has 0 amide bonds. The van der Waals surface area contributed by atoms with Crippen molar-refractivity contribution in [2.24, 2.45) is 0 Å². The molecule has 7 heteroatoms. The first-order valence-electron chi connectivity index (χ1n) is 8.70. The van der Waals surface area contributed by atoms with Gasteiger partial charge < -0.3 is 15.2 Å². The topological polar surface area (TPSA) is 54.8 Å². The number of hydrogen-bond donors (Lipinski definition) is 2. The summed E-state index contributed by atoms with van der Waals surface area (Å²) < 4.78 is 17.3. The maximum Gasteiger partial charge on any atom is 0.158 e. The standard InChI is InChI=1S/C19H23BrFN5/c1-5-22-9-13-7-15(14(21)6-12(13)4)24-19-18-16(8-17(20)25-19)23-10-26(18)11(2)3/h6-8,10-11,22H,5,9H2,1-4H3,(H,24,25). The van der Waals surface area contributed by atoms with Crippen LogP contribution in [0.25, 0.3) is 11.0 Å². The van der Waals surface area contributed by atoms with E-state index in [0.717, 1.165) is 28.7 Å². The Bertz CT molecular complexity index is 935. The molecule has 0 aliphatic rings. The van der Waals surface area contributed by atoms with Crippen LogP contribution < -0.4 is 10.6 Å². The third kappa shape index (κ3) is 3.73. The number of rotatable bonds is 6. The van der Waals surface area contributed by atoms with Gasteiger partial charge in [0.25, 0.3) is 0 Å². The first-order valence-corrected chi connectivity index (χ1v) is 9.49. The molecule has 0 fully saturated rings. The molecule has 0 spiro atoms. The zero-order valence-corrected chi connectivity index (χ0v) is 17.0. The van der Waals surface area contributed by atoms with Crippen molar-refractivity contribution in [1.29, 1.82) is 0 Å². The summed E-state index contributed by atoms with van der Waals surface area (Å²) in [6.45, 7) is 9.68. The molecule has 0 aliphatic carbocycles. The number of fused-ring (bicyclic) bond motifs is 1. The van der Waals surface area contributed by atoms with Gasteiger partial charge in [-0.15, -0.1) is 0 Å². The average Bonchev–Trinajstić information content (AvgIpc) is 3.00. The highest BCUT2D eigenvalue weighted by Gasteiger charge is 2.15. The molecule has 5 nitrogen and oxygen atoms in total. The molecular weight excluding hydrogens is 397 g/mol. The molecule has 26 heavy (non-hydrogen) atoms. The second kappa shape index (κ2) is 7.72. The van der Waals surface area contributed by atoms with Gasteiger partial charge in [-0.25, -0.2) is 14.4 Å². The van der Waals surface area contributed by atoms with Crippen molar-refractivity contribution in [2.75, 3.05) is 11.9 Å². The van der Waals surface area contributed by atoms with E-state index < -0.39 is 0 Å². The Labute approximate surface area is 161 Å². The quantitative estimate of drug-likeness (QED) is 0.547. The Hall–Kier alpha value is -1.99. The maximum absolute atomic E-state index is 14.6. The number of pyridine rings is 1. The van der Waals surface area contributed by atoms with Gasteiger partial charge in [0, 0.05) is 12.6 Å². The minimum absolute atomic E-state index is 0.218. The number of aromatic nitrogens is 3. The van der Waals surface area contributed by atoms with Crippen LogP contribution in [0, 0.1) is 12.7 Å². The molecule has 1 aromatic carbocycles. The van der Waals surface area contributed by atoms with E-state index in [4.69, 9.17) is 0 Å². The number of hydrogen-bond acceptors (Lipinski definition) is 4. The Morgan fingerprint density at radius 2 is 2.04 bits per heavy atom. The molecule has 138 valence electrons. The van der Waals surface area contributed by atoms with Crippen molar-refractivity contribution in [1.82, 2.24) is 19.9 Å². The molecule has 0 bridgehead atoms. The number of benzene rings is 1. The summed E-state index contributed by atoms with van der Waals surface area (Å²) in [6, 6.07) is 5.49. The highest BCUT2D eigenvalue weighted by molar-refractivity contribution is 9.10. The van der Waals surface area contributed by atoms with E-state index in [0.29, 0.717) is 22.7 Å². The van der Waals surface area contributed by atoms with Gasteiger partial charge in [0.1, 0.15) is 15.9 Å². The Balaban J connectivity index is 2.07. The van der Waals surface area contributed by atoms with Crippen molar-refractivity contribution in [3.63, 3.8) is 0 Å². The highest BCUT2D eigenvalue weighted by atomic mass is 79.9. The predicted octanol–water partition coefficient (Wildman–Crippen LogP) is 5.08. The second-order valence-corrected chi connectivity index (χ2v) is 7.38. The van der Waals surface area contributed by atoms with E-state index in [2.05, 4.69) is 50.4 Å². The fourth-order valence-electron chi connectivity index (χ4n) is 2.90. The van der Waals surface area contributed by atoms with E-state index in [1.807, 2.05) is 30.5 Å². The molecule has 0 saturated carbocycles. The molecule has 3 aromatic rings. The molecule has 3 rings (SSSR count). The van der Waals surface area contributed by atoms with Gasteiger partial charge in [-0.2, -0.15) is 0 Å².